The normalized spacial score (nSPS) is 11.0. The van der Waals surface area contributed by atoms with E-state index >= 15 is 0 Å². The number of nitrogens with two attached hydrogens (primary N) is 1. The Morgan fingerprint density at radius 3 is 2.48 bits per heavy atom. The van der Waals surface area contributed by atoms with Crippen molar-refractivity contribution in [3.8, 4) is 27.9 Å². The Morgan fingerprint density at radius 2 is 1.76 bits per heavy atom. The van der Waals surface area contributed by atoms with Gasteiger partial charge in [0.2, 0.25) is 0 Å². The first-order valence-electron chi connectivity index (χ1n) is 7.62. The monoisotopic (exact) mass is 352 g/mol. The van der Waals surface area contributed by atoms with Crippen LogP contribution in [0.25, 0.3) is 27.4 Å². The lowest BCUT2D eigenvalue weighted by atomic mass is 10.2. The molecule has 0 saturated carbocycles. The topological polar surface area (TPSA) is 75.2 Å². The van der Waals surface area contributed by atoms with Crippen LogP contribution in [0, 0.1) is 0 Å². The number of nitrogen functional groups attached to an aromatic ring is 1. The molecule has 2 heterocycles. The number of aromatic nitrogens is 3. The fraction of sp³-hybridized carbons (Fsp3) is 0.111. The highest BCUT2D eigenvalue weighted by molar-refractivity contribution is 7.18. The van der Waals surface area contributed by atoms with Crippen LogP contribution in [0.15, 0.2) is 48.8 Å². The molecule has 2 N–H and O–H groups in total. The quantitative estimate of drug-likeness (QED) is 0.605. The molecule has 126 valence electrons. The molecular weight excluding hydrogens is 336 g/mol. The van der Waals surface area contributed by atoms with Crippen LogP contribution in [0.5, 0.6) is 11.5 Å². The molecule has 0 radical (unpaired) electrons. The van der Waals surface area contributed by atoms with Crippen molar-refractivity contribution < 1.29 is 9.47 Å². The summed E-state index contributed by atoms with van der Waals surface area (Å²) in [6.45, 7) is 0. The van der Waals surface area contributed by atoms with E-state index in [0.717, 1.165) is 27.4 Å². The summed E-state index contributed by atoms with van der Waals surface area (Å²) >= 11 is 1.42. The second-order valence-corrected chi connectivity index (χ2v) is 6.39. The molecule has 0 spiro atoms. The predicted octanol–water partition coefficient (Wildman–Crippen LogP) is 3.75. The molecule has 0 aliphatic rings. The van der Waals surface area contributed by atoms with Gasteiger partial charge in [0, 0.05) is 17.7 Å². The van der Waals surface area contributed by atoms with Gasteiger partial charge in [0.25, 0.3) is 0 Å². The number of rotatable bonds is 4. The van der Waals surface area contributed by atoms with Gasteiger partial charge in [-0.25, -0.2) is 9.97 Å². The van der Waals surface area contributed by atoms with Crippen molar-refractivity contribution in [2.75, 3.05) is 20.0 Å². The summed E-state index contributed by atoms with van der Waals surface area (Å²) in [6, 6.07) is 13.6. The zero-order chi connectivity index (χ0) is 17.4. The van der Waals surface area contributed by atoms with E-state index in [1.807, 2.05) is 47.0 Å². The molecule has 2 aromatic carbocycles. The van der Waals surface area contributed by atoms with Crippen LogP contribution in [-0.2, 0) is 0 Å². The van der Waals surface area contributed by atoms with E-state index in [1.54, 1.807) is 20.5 Å². The maximum Gasteiger partial charge on any atom is 0.197 e. The lowest BCUT2D eigenvalue weighted by Gasteiger charge is -2.07. The van der Waals surface area contributed by atoms with Gasteiger partial charge in [0.15, 0.2) is 16.6 Å². The number of benzene rings is 2. The maximum atomic E-state index is 6.20. The minimum atomic E-state index is 0.642. The van der Waals surface area contributed by atoms with Gasteiger partial charge in [-0.15, -0.1) is 0 Å². The molecule has 0 aliphatic carbocycles. The Morgan fingerprint density at radius 1 is 1.04 bits per heavy atom. The summed E-state index contributed by atoms with van der Waals surface area (Å²) in [5.41, 5.74) is 9.65. The SMILES string of the molecule is COc1cc2ncn(-c3nc(-c4ccccc4)c(N)s3)c2cc1OC. The van der Waals surface area contributed by atoms with Crippen LogP contribution in [0.2, 0.25) is 0 Å². The van der Waals surface area contributed by atoms with Crippen LogP contribution in [0.1, 0.15) is 0 Å². The van der Waals surface area contributed by atoms with E-state index in [4.69, 9.17) is 20.2 Å². The average molecular weight is 352 g/mol. The average Bonchev–Trinajstić information content (AvgIpc) is 3.23. The Kier molecular flexibility index (Phi) is 3.77. The van der Waals surface area contributed by atoms with E-state index in [1.165, 1.54) is 11.3 Å². The molecule has 4 rings (SSSR count). The number of ether oxygens (including phenoxy) is 2. The molecule has 0 atom stereocenters. The van der Waals surface area contributed by atoms with Crippen molar-refractivity contribution in [1.82, 2.24) is 14.5 Å². The van der Waals surface area contributed by atoms with Gasteiger partial charge in [-0.1, -0.05) is 41.7 Å². The smallest absolute Gasteiger partial charge is 0.197 e. The second-order valence-electron chi connectivity index (χ2n) is 5.39. The lowest BCUT2D eigenvalue weighted by Crippen LogP contribution is -1.94. The summed E-state index contributed by atoms with van der Waals surface area (Å²) in [5, 5.41) is 1.43. The summed E-state index contributed by atoms with van der Waals surface area (Å²) in [6.07, 6.45) is 1.73. The minimum absolute atomic E-state index is 0.642. The zero-order valence-corrected chi connectivity index (χ0v) is 14.6. The van der Waals surface area contributed by atoms with Gasteiger partial charge in [0.05, 0.1) is 25.3 Å². The number of methoxy groups -OCH3 is 2. The summed E-state index contributed by atoms with van der Waals surface area (Å²) in [5.74, 6) is 1.29. The van der Waals surface area contributed by atoms with E-state index in [0.29, 0.717) is 16.5 Å². The van der Waals surface area contributed by atoms with Crippen molar-refractivity contribution in [2.45, 2.75) is 0 Å². The van der Waals surface area contributed by atoms with Crippen molar-refractivity contribution in [3.05, 3.63) is 48.8 Å². The Balaban J connectivity index is 1.85. The van der Waals surface area contributed by atoms with Gasteiger partial charge >= 0.3 is 0 Å². The lowest BCUT2D eigenvalue weighted by molar-refractivity contribution is 0.355. The molecule has 6 nitrogen and oxygen atoms in total. The van der Waals surface area contributed by atoms with Crippen LogP contribution < -0.4 is 15.2 Å². The number of fused-ring (bicyclic) bond motifs is 1. The van der Waals surface area contributed by atoms with E-state index < -0.39 is 0 Å². The second kappa shape index (κ2) is 6.10. The first kappa shape index (κ1) is 15.5. The van der Waals surface area contributed by atoms with E-state index in [-0.39, 0.29) is 0 Å². The van der Waals surface area contributed by atoms with E-state index in [2.05, 4.69) is 4.98 Å². The molecule has 0 unspecified atom stereocenters. The third kappa shape index (κ3) is 2.58. The summed E-state index contributed by atoms with van der Waals surface area (Å²) < 4.78 is 12.6. The number of imidazole rings is 1. The van der Waals surface area contributed by atoms with Gasteiger partial charge in [-0.2, -0.15) is 0 Å². The van der Waals surface area contributed by atoms with Gasteiger partial charge in [0.1, 0.15) is 17.0 Å². The standard InChI is InChI=1S/C18H16N4O2S/c1-23-14-8-12-13(9-15(14)24-2)22(10-20-12)18-21-16(17(19)25-18)11-6-4-3-5-7-11/h3-10H,19H2,1-2H3. The first-order valence-corrected chi connectivity index (χ1v) is 8.44. The number of hydrogen-bond acceptors (Lipinski definition) is 6. The highest BCUT2D eigenvalue weighted by Crippen LogP contribution is 2.36. The molecule has 0 aliphatic heterocycles. The van der Waals surface area contributed by atoms with Crippen molar-refractivity contribution in [1.29, 1.82) is 0 Å². The van der Waals surface area contributed by atoms with Gasteiger partial charge < -0.3 is 15.2 Å². The molecule has 2 aromatic heterocycles. The molecule has 25 heavy (non-hydrogen) atoms. The number of nitrogens with zero attached hydrogens (tertiary/aromatic N) is 3. The van der Waals surface area contributed by atoms with Crippen LogP contribution in [-0.4, -0.2) is 28.8 Å². The first-order chi connectivity index (χ1) is 12.2. The highest BCUT2D eigenvalue weighted by Gasteiger charge is 2.16. The predicted molar refractivity (Wildman–Crippen MR) is 99.7 cm³/mol. The number of anilines is 1. The molecule has 7 heteroatoms. The molecule has 0 fully saturated rings. The van der Waals surface area contributed by atoms with Crippen LogP contribution in [0.3, 0.4) is 0 Å². The summed E-state index contributed by atoms with van der Waals surface area (Å²) in [4.78, 5) is 9.16. The third-order valence-corrected chi connectivity index (χ3v) is 4.83. The number of hydrogen-bond donors (Lipinski definition) is 1. The third-order valence-electron chi connectivity index (χ3n) is 3.95. The molecular formula is C18H16N4O2S. The number of thiazole rings is 1. The Bertz CT molecular complexity index is 1040. The molecule has 4 aromatic rings. The van der Waals surface area contributed by atoms with Gasteiger partial charge in [-0.05, 0) is 0 Å². The van der Waals surface area contributed by atoms with Crippen molar-refractivity contribution >= 4 is 27.4 Å². The fourth-order valence-electron chi connectivity index (χ4n) is 2.71. The van der Waals surface area contributed by atoms with Crippen molar-refractivity contribution in [3.63, 3.8) is 0 Å². The molecule has 0 saturated heterocycles. The highest BCUT2D eigenvalue weighted by atomic mass is 32.1. The zero-order valence-electron chi connectivity index (χ0n) is 13.8. The van der Waals surface area contributed by atoms with Crippen LogP contribution in [0.4, 0.5) is 5.00 Å². The van der Waals surface area contributed by atoms with Gasteiger partial charge in [-0.3, -0.25) is 4.57 Å². The van der Waals surface area contributed by atoms with Crippen molar-refractivity contribution in [2.24, 2.45) is 0 Å². The van der Waals surface area contributed by atoms with E-state index in [9.17, 15) is 0 Å². The summed E-state index contributed by atoms with van der Waals surface area (Å²) in [7, 11) is 3.22. The maximum absolute atomic E-state index is 6.20. The Labute approximate surface area is 148 Å². The molecule has 0 amide bonds. The van der Waals surface area contributed by atoms with Crippen LogP contribution >= 0.6 is 11.3 Å². The largest absolute Gasteiger partial charge is 0.493 e. The Hall–Kier alpha value is -3.06. The molecule has 0 bridgehead atoms. The minimum Gasteiger partial charge on any atom is -0.493 e. The fourth-order valence-corrected chi connectivity index (χ4v) is 3.55.